The van der Waals surface area contributed by atoms with Gasteiger partial charge in [-0.05, 0) is 45.0 Å². The molecular weight excluding hydrogens is 184 g/mol. The minimum absolute atomic E-state index is 0.551. The molecule has 0 aliphatic rings. The first-order valence-corrected chi connectivity index (χ1v) is 5.60. The van der Waals surface area contributed by atoms with E-state index >= 15 is 0 Å². The van der Waals surface area contributed by atoms with Crippen molar-refractivity contribution < 1.29 is 0 Å². The van der Waals surface area contributed by atoms with Crippen molar-refractivity contribution in [2.75, 3.05) is 13.6 Å². The molecule has 0 aliphatic heterocycles. The summed E-state index contributed by atoms with van der Waals surface area (Å²) >= 11 is 0. The van der Waals surface area contributed by atoms with Crippen molar-refractivity contribution in [3.63, 3.8) is 0 Å². The van der Waals surface area contributed by atoms with Crippen molar-refractivity contribution in [1.29, 1.82) is 0 Å². The van der Waals surface area contributed by atoms with E-state index in [1.54, 1.807) is 0 Å². The lowest BCUT2D eigenvalue weighted by molar-refractivity contribution is 0.240. The van der Waals surface area contributed by atoms with Gasteiger partial charge in [0.25, 0.3) is 0 Å². The van der Waals surface area contributed by atoms with Crippen LogP contribution >= 0.6 is 0 Å². The van der Waals surface area contributed by atoms with Crippen LogP contribution in [0.4, 0.5) is 0 Å². The second-order valence-corrected chi connectivity index (χ2v) is 4.27. The summed E-state index contributed by atoms with van der Waals surface area (Å²) in [6, 6.07) is 9.10. The van der Waals surface area contributed by atoms with Crippen LogP contribution in [0.25, 0.3) is 0 Å². The van der Waals surface area contributed by atoms with E-state index in [1.165, 1.54) is 11.1 Å². The van der Waals surface area contributed by atoms with Gasteiger partial charge in [0.05, 0.1) is 0 Å². The molecule has 0 spiro atoms. The normalized spacial score (nSPS) is 13.1. The van der Waals surface area contributed by atoms with Gasteiger partial charge in [0.2, 0.25) is 0 Å². The lowest BCUT2D eigenvalue weighted by Gasteiger charge is -2.24. The molecule has 1 aromatic carbocycles. The van der Waals surface area contributed by atoms with Crippen LogP contribution in [0.3, 0.4) is 0 Å². The number of nitrogens with two attached hydrogens (primary N) is 1. The van der Waals surface area contributed by atoms with Crippen LogP contribution in [0.5, 0.6) is 0 Å². The molecular formula is C13H22N2. The molecule has 0 heterocycles. The third-order valence-corrected chi connectivity index (χ3v) is 3.02. The molecule has 0 bridgehead atoms. The maximum atomic E-state index is 5.56. The highest BCUT2D eigenvalue weighted by molar-refractivity contribution is 5.25. The van der Waals surface area contributed by atoms with E-state index in [-0.39, 0.29) is 0 Å². The molecule has 1 aromatic rings. The summed E-state index contributed by atoms with van der Waals surface area (Å²) < 4.78 is 0. The molecule has 2 heteroatoms. The third kappa shape index (κ3) is 3.65. The average molecular weight is 206 g/mol. The molecule has 0 radical (unpaired) electrons. The molecule has 1 unspecified atom stereocenters. The van der Waals surface area contributed by atoms with E-state index in [0.717, 1.165) is 19.5 Å². The second-order valence-electron chi connectivity index (χ2n) is 4.27. The maximum absolute atomic E-state index is 5.56. The average Bonchev–Trinajstić information content (AvgIpc) is 2.21. The zero-order valence-corrected chi connectivity index (χ0v) is 10.0. The van der Waals surface area contributed by atoms with Crippen molar-refractivity contribution in [1.82, 2.24) is 4.90 Å². The molecule has 1 rings (SSSR count). The molecule has 2 N–H and O–H groups in total. The van der Waals surface area contributed by atoms with Crippen molar-refractivity contribution in [2.24, 2.45) is 5.73 Å². The second kappa shape index (κ2) is 5.89. The number of hydrogen-bond acceptors (Lipinski definition) is 2. The predicted octanol–water partition coefficient (Wildman–Crippen LogP) is 2.16. The summed E-state index contributed by atoms with van der Waals surface area (Å²) in [6.07, 6.45) is 1.06. The quantitative estimate of drug-likeness (QED) is 0.800. The van der Waals surface area contributed by atoms with Crippen molar-refractivity contribution >= 4 is 0 Å². The number of nitrogens with zero attached hydrogens (tertiary/aromatic N) is 1. The lowest BCUT2D eigenvalue weighted by Crippen LogP contribution is -2.30. The summed E-state index contributed by atoms with van der Waals surface area (Å²) in [5, 5.41) is 0. The highest BCUT2D eigenvalue weighted by Gasteiger charge is 2.09. The summed E-state index contributed by atoms with van der Waals surface area (Å²) in [7, 11) is 2.16. The molecule has 1 atom stereocenters. The van der Waals surface area contributed by atoms with Gasteiger partial charge >= 0.3 is 0 Å². The highest BCUT2D eigenvalue weighted by atomic mass is 15.1. The van der Waals surface area contributed by atoms with Gasteiger partial charge in [0, 0.05) is 12.6 Å². The smallest absolute Gasteiger partial charge is 0.0236 e. The van der Waals surface area contributed by atoms with E-state index in [1.807, 2.05) is 0 Å². The summed E-state index contributed by atoms with van der Waals surface area (Å²) in [5.41, 5.74) is 8.34. The van der Waals surface area contributed by atoms with Crippen LogP contribution in [0, 0.1) is 6.92 Å². The molecule has 2 nitrogen and oxygen atoms in total. The monoisotopic (exact) mass is 206 g/mol. The Morgan fingerprint density at radius 3 is 2.60 bits per heavy atom. The zero-order valence-electron chi connectivity index (χ0n) is 10.0. The van der Waals surface area contributed by atoms with Gasteiger partial charge in [-0.25, -0.2) is 0 Å². The van der Waals surface area contributed by atoms with Gasteiger partial charge in [-0.15, -0.1) is 0 Å². The minimum atomic E-state index is 0.551. The SMILES string of the molecule is Cc1ccccc1CN(C)C(C)CCN. The Bertz CT molecular complexity index is 296. The number of benzene rings is 1. The van der Waals surface area contributed by atoms with Gasteiger partial charge in [0.15, 0.2) is 0 Å². The van der Waals surface area contributed by atoms with Gasteiger partial charge in [-0.3, -0.25) is 4.90 Å². The number of aryl methyl sites for hydroxylation is 1. The molecule has 0 amide bonds. The molecule has 0 aromatic heterocycles. The van der Waals surface area contributed by atoms with Crippen LogP contribution < -0.4 is 5.73 Å². The van der Waals surface area contributed by atoms with Crippen LogP contribution in [0.15, 0.2) is 24.3 Å². The van der Waals surface area contributed by atoms with E-state index in [4.69, 9.17) is 5.73 Å². The molecule has 0 fully saturated rings. The maximum Gasteiger partial charge on any atom is 0.0236 e. The van der Waals surface area contributed by atoms with Gasteiger partial charge in [0.1, 0.15) is 0 Å². The number of hydrogen-bond donors (Lipinski definition) is 1. The first kappa shape index (κ1) is 12.2. The summed E-state index contributed by atoms with van der Waals surface area (Å²) in [6.45, 7) is 6.16. The third-order valence-electron chi connectivity index (χ3n) is 3.02. The Hall–Kier alpha value is -0.860. The van der Waals surface area contributed by atoms with E-state index in [2.05, 4.69) is 50.1 Å². The van der Waals surface area contributed by atoms with Crippen LogP contribution in [-0.2, 0) is 6.54 Å². The molecule has 0 saturated heterocycles. The van der Waals surface area contributed by atoms with E-state index in [9.17, 15) is 0 Å². The van der Waals surface area contributed by atoms with Crippen LogP contribution in [0.2, 0.25) is 0 Å². The highest BCUT2D eigenvalue weighted by Crippen LogP contribution is 2.11. The molecule has 84 valence electrons. The Kier molecular flexibility index (Phi) is 4.79. The van der Waals surface area contributed by atoms with Crippen molar-refractivity contribution in [2.45, 2.75) is 32.9 Å². The Balaban J connectivity index is 2.58. The topological polar surface area (TPSA) is 29.3 Å². The summed E-state index contributed by atoms with van der Waals surface area (Å²) in [4.78, 5) is 2.36. The molecule has 0 aliphatic carbocycles. The van der Waals surface area contributed by atoms with Gasteiger partial charge < -0.3 is 5.73 Å². The lowest BCUT2D eigenvalue weighted by atomic mass is 10.1. The Labute approximate surface area is 93.1 Å². The summed E-state index contributed by atoms with van der Waals surface area (Å²) in [5.74, 6) is 0. The predicted molar refractivity (Wildman–Crippen MR) is 65.8 cm³/mol. The fraction of sp³-hybridized carbons (Fsp3) is 0.538. The van der Waals surface area contributed by atoms with E-state index in [0.29, 0.717) is 6.04 Å². The van der Waals surface area contributed by atoms with Gasteiger partial charge in [-0.2, -0.15) is 0 Å². The Morgan fingerprint density at radius 2 is 2.00 bits per heavy atom. The fourth-order valence-electron chi connectivity index (χ4n) is 1.67. The first-order valence-electron chi connectivity index (χ1n) is 5.60. The first-order chi connectivity index (χ1) is 7.15. The van der Waals surface area contributed by atoms with Crippen molar-refractivity contribution in [3.05, 3.63) is 35.4 Å². The molecule has 15 heavy (non-hydrogen) atoms. The van der Waals surface area contributed by atoms with Crippen molar-refractivity contribution in [3.8, 4) is 0 Å². The van der Waals surface area contributed by atoms with E-state index < -0.39 is 0 Å². The molecule has 0 saturated carbocycles. The van der Waals surface area contributed by atoms with Crippen LogP contribution in [-0.4, -0.2) is 24.5 Å². The standard InChI is InChI=1S/C13H22N2/c1-11-6-4-5-7-13(11)10-15(3)12(2)8-9-14/h4-7,12H,8-10,14H2,1-3H3. The number of rotatable bonds is 5. The fourth-order valence-corrected chi connectivity index (χ4v) is 1.67. The largest absolute Gasteiger partial charge is 0.330 e. The minimum Gasteiger partial charge on any atom is -0.330 e. The Morgan fingerprint density at radius 1 is 1.33 bits per heavy atom. The zero-order chi connectivity index (χ0) is 11.3. The van der Waals surface area contributed by atoms with Crippen LogP contribution in [0.1, 0.15) is 24.5 Å². The van der Waals surface area contributed by atoms with Gasteiger partial charge in [-0.1, -0.05) is 24.3 Å².